The molecule has 38 heavy (non-hydrogen) atoms. The first-order chi connectivity index (χ1) is 18.0. The van der Waals surface area contributed by atoms with Crippen LogP contribution in [-0.2, 0) is 6.18 Å². The molecule has 0 saturated carbocycles. The molecule has 0 aliphatic carbocycles. The summed E-state index contributed by atoms with van der Waals surface area (Å²) in [6, 6.07) is 17.7. The standard InChI is InChI=1S/C11H11NO.C8H6N6.C7H6F3N/c1-7-6-8-4-2-3-5-9(8)10(12)11(7)13;9-4-6-5-13-14(7(6)10)8-11-2-1-3-12-8;8-7(9,10)5-1-3-6(11)4-2-5/h2-6,13H,12H2,1H3;1-3,5H,10H2;1-4H,11H2. The second-order valence-electron chi connectivity index (χ2n) is 7.81. The zero-order valence-corrected chi connectivity index (χ0v) is 20.1. The zero-order chi connectivity index (χ0) is 27.9. The number of rotatable bonds is 1. The number of benzene rings is 3. The molecule has 0 amide bonds. The number of hydrogen-bond acceptors (Lipinski definition) is 8. The van der Waals surface area contributed by atoms with Gasteiger partial charge in [0.1, 0.15) is 23.2 Å². The van der Waals surface area contributed by atoms with Crippen molar-refractivity contribution in [2.45, 2.75) is 13.1 Å². The minimum atomic E-state index is -4.27. The molecule has 0 atom stereocenters. The quantitative estimate of drug-likeness (QED) is 0.180. The summed E-state index contributed by atoms with van der Waals surface area (Å²) >= 11 is 0. The summed E-state index contributed by atoms with van der Waals surface area (Å²) in [6.07, 6.45) is 0.268. The summed E-state index contributed by atoms with van der Waals surface area (Å²) in [6.45, 7) is 1.85. The maximum atomic E-state index is 11.9. The minimum Gasteiger partial charge on any atom is -0.505 e. The van der Waals surface area contributed by atoms with Gasteiger partial charge in [0.25, 0.3) is 5.95 Å². The average Bonchev–Trinajstić information content (AvgIpc) is 3.28. The van der Waals surface area contributed by atoms with Crippen LogP contribution in [0.15, 0.2) is 79.3 Å². The van der Waals surface area contributed by atoms with Gasteiger partial charge in [0, 0.05) is 23.5 Å². The van der Waals surface area contributed by atoms with E-state index in [9.17, 15) is 18.3 Å². The Bertz CT molecular complexity index is 1560. The third-order valence-electron chi connectivity index (χ3n) is 5.16. The van der Waals surface area contributed by atoms with Crippen molar-refractivity contribution >= 4 is 28.0 Å². The minimum absolute atomic E-state index is 0.193. The van der Waals surface area contributed by atoms with Crippen molar-refractivity contribution in [2.24, 2.45) is 0 Å². The Morgan fingerprint density at radius 1 is 0.947 bits per heavy atom. The normalized spacial score (nSPS) is 10.5. The van der Waals surface area contributed by atoms with E-state index in [1.807, 2.05) is 43.3 Å². The molecule has 0 aliphatic heterocycles. The predicted octanol–water partition coefficient (Wildman–Crippen LogP) is 4.84. The molecular weight excluding hydrogens is 497 g/mol. The fraction of sp³-hybridized carbons (Fsp3) is 0.0769. The van der Waals surface area contributed by atoms with Gasteiger partial charge in [-0.3, -0.25) is 0 Å². The highest BCUT2D eigenvalue weighted by atomic mass is 19.4. The van der Waals surface area contributed by atoms with Crippen molar-refractivity contribution in [3.63, 3.8) is 0 Å². The van der Waals surface area contributed by atoms with Gasteiger partial charge >= 0.3 is 6.18 Å². The molecule has 0 spiro atoms. The number of nitrogens with zero attached hydrogens (tertiary/aromatic N) is 5. The Labute approximate surface area is 215 Å². The van der Waals surface area contributed by atoms with Crippen LogP contribution in [-0.4, -0.2) is 24.9 Å². The van der Waals surface area contributed by atoms with Crippen LogP contribution in [0, 0.1) is 18.3 Å². The highest BCUT2D eigenvalue weighted by molar-refractivity contribution is 5.96. The SMILES string of the molecule is Cc1cc2ccccc2c(N)c1O.N#Cc1cnn(-c2ncccn2)c1N.Nc1ccc(C(F)(F)F)cc1. The number of nitrogens with two attached hydrogens (primary N) is 3. The van der Waals surface area contributed by atoms with Gasteiger partial charge in [-0.1, -0.05) is 24.3 Å². The summed E-state index contributed by atoms with van der Waals surface area (Å²) in [5, 5.41) is 24.1. The van der Waals surface area contributed by atoms with Crippen LogP contribution in [0.3, 0.4) is 0 Å². The molecule has 194 valence electrons. The molecule has 0 radical (unpaired) electrons. The lowest BCUT2D eigenvalue weighted by molar-refractivity contribution is -0.137. The van der Waals surface area contributed by atoms with E-state index in [1.165, 1.54) is 23.0 Å². The van der Waals surface area contributed by atoms with Gasteiger partial charge in [-0.2, -0.15) is 28.2 Å². The van der Waals surface area contributed by atoms with Crippen molar-refractivity contribution in [3.8, 4) is 17.8 Å². The fourth-order valence-corrected chi connectivity index (χ4v) is 3.19. The fourth-order valence-electron chi connectivity index (χ4n) is 3.19. The largest absolute Gasteiger partial charge is 0.505 e. The topological polar surface area (TPSA) is 166 Å². The van der Waals surface area contributed by atoms with Gasteiger partial charge < -0.3 is 22.3 Å². The Morgan fingerprint density at radius 3 is 2.16 bits per heavy atom. The monoisotopic (exact) mass is 520 g/mol. The van der Waals surface area contributed by atoms with E-state index in [4.69, 9.17) is 22.5 Å². The average molecular weight is 521 g/mol. The summed E-state index contributed by atoms with van der Waals surface area (Å²) in [5.41, 5.74) is 17.9. The summed E-state index contributed by atoms with van der Waals surface area (Å²) < 4.78 is 37.0. The predicted molar refractivity (Wildman–Crippen MR) is 139 cm³/mol. The molecule has 0 fully saturated rings. The highest BCUT2D eigenvalue weighted by Crippen LogP contribution is 2.32. The lowest BCUT2D eigenvalue weighted by Gasteiger charge is -2.06. The number of nitrogen functional groups attached to an aromatic ring is 3. The number of aromatic nitrogens is 4. The van der Waals surface area contributed by atoms with E-state index >= 15 is 0 Å². The number of hydrogen-bond donors (Lipinski definition) is 4. The van der Waals surface area contributed by atoms with Crippen LogP contribution in [0.25, 0.3) is 16.7 Å². The number of fused-ring (bicyclic) bond motifs is 1. The first-order valence-electron chi connectivity index (χ1n) is 10.9. The maximum Gasteiger partial charge on any atom is 0.416 e. The van der Waals surface area contributed by atoms with Crippen molar-refractivity contribution in [2.75, 3.05) is 17.2 Å². The number of aryl methyl sites for hydroxylation is 1. The first-order valence-corrected chi connectivity index (χ1v) is 10.9. The van der Waals surface area contributed by atoms with E-state index in [1.54, 1.807) is 18.5 Å². The zero-order valence-electron chi connectivity index (χ0n) is 20.1. The number of alkyl halides is 3. The Hall–Kier alpha value is -5.31. The molecule has 9 nitrogen and oxygen atoms in total. The van der Waals surface area contributed by atoms with Crippen molar-refractivity contribution < 1.29 is 18.3 Å². The van der Waals surface area contributed by atoms with E-state index in [0.29, 0.717) is 22.9 Å². The summed E-state index contributed by atoms with van der Waals surface area (Å²) in [4.78, 5) is 7.91. The Morgan fingerprint density at radius 2 is 1.58 bits per heavy atom. The molecule has 7 N–H and O–H groups in total. The summed E-state index contributed by atoms with van der Waals surface area (Å²) in [5.74, 6) is 0.795. The van der Waals surface area contributed by atoms with Crippen molar-refractivity contribution in [1.29, 1.82) is 5.26 Å². The van der Waals surface area contributed by atoms with E-state index < -0.39 is 11.7 Å². The van der Waals surface area contributed by atoms with Gasteiger partial charge in [0.05, 0.1) is 17.4 Å². The van der Waals surface area contributed by atoms with E-state index in [-0.39, 0.29) is 11.6 Å². The number of aromatic hydroxyl groups is 1. The molecule has 5 aromatic rings. The molecule has 12 heteroatoms. The first kappa shape index (κ1) is 27.3. The number of nitriles is 1. The Kier molecular flexibility index (Phi) is 8.34. The summed E-state index contributed by atoms with van der Waals surface area (Å²) in [7, 11) is 0. The molecule has 0 saturated heterocycles. The van der Waals surface area contributed by atoms with Crippen LogP contribution in [0.5, 0.6) is 5.75 Å². The molecule has 0 bridgehead atoms. The number of phenols is 1. The van der Waals surface area contributed by atoms with Gasteiger partial charge in [0.15, 0.2) is 0 Å². The molecule has 0 unspecified atom stereocenters. The highest BCUT2D eigenvalue weighted by Gasteiger charge is 2.29. The van der Waals surface area contributed by atoms with Gasteiger partial charge in [-0.15, -0.1) is 0 Å². The number of halogens is 3. The van der Waals surface area contributed by atoms with E-state index in [2.05, 4.69) is 15.1 Å². The van der Waals surface area contributed by atoms with Crippen LogP contribution in [0.2, 0.25) is 0 Å². The maximum absolute atomic E-state index is 11.9. The molecule has 5 rings (SSSR count). The van der Waals surface area contributed by atoms with E-state index in [0.717, 1.165) is 28.5 Å². The molecule has 2 heterocycles. The third kappa shape index (κ3) is 6.46. The van der Waals surface area contributed by atoms with Crippen LogP contribution in [0.4, 0.5) is 30.4 Å². The van der Waals surface area contributed by atoms with Gasteiger partial charge in [-0.25, -0.2) is 9.97 Å². The van der Waals surface area contributed by atoms with Gasteiger partial charge in [0.2, 0.25) is 0 Å². The lowest BCUT2D eigenvalue weighted by Crippen LogP contribution is -2.06. The van der Waals surface area contributed by atoms with Crippen LogP contribution >= 0.6 is 0 Å². The van der Waals surface area contributed by atoms with Crippen LogP contribution < -0.4 is 17.2 Å². The third-order valence-corrected chi connectivity index (χ3v) is 5.16. The Balaban J connectivity index is 0.000000159. The van der Waals surface area contributed by atoms with Crippen molar-refractivity contribution in [3.05, 3.63) is 95.9 Å². The van der Waals surface area contributed by atoms with Crippen LogP contribution in [0.1, 0.15) is 16.7 Å². The number of phenolic OH excluding ortho intramolecular Hbond substituents is 1. The second-order valence-corrected chi connectivity index (χ2v) is 7.81. The molecule has 3 aromatic carbocycles. The van der Waals surface area contributed by atoms with Crippen molar-refractivity contribution in [1.82, 2.24) is 19.7 Å². The number of anilines is 3. The van der Waals surface area contributed by atoms with Gasteiger partial charge in [-0.05, 0) is 54.3 Å². The molecule has 0 aliphatic rings. The second kappa shape index (κ2) is 11.6. The lowest BCUT2D eigenvalue weighted by atomic mass is 10.0. The molecular formula is C26H23F3N8O. The smallest absolute Gasteiger partial charge is 0.416 e. The molecule has 2 aromatic heterocycles.